The number of nitrogens with zero attached hydrogens (tertiary/aromatic N) is 4. The maximum absolute atomic E-state index is 13.6. The predicted molar refractivity (Wildman–Crippen MR) is 123 cm³/mol. The number of fused-ring (bicyclic) bond motifs is 1. The fourth-order valence-corrected chi connectivity index (χ4v) is 4.89. The Labute approximate surface area is 193 Å². The second-order valence-electron chi connectivity index (χ2n) is 7.49. The van der Waals surface area contributed by atoms with Gasteiger partial charge in [0.05, 0.1) is 43.3 Å². The van der Waals surface area contributed by atoms with Crippen molar-refractivity contribution in [1.29, 1.82) is 0 Å². The van der Waals surface area contributed by atoms with Crippen LogP contribution in [-0.2, 0) is 16.6 Å². The van der Waals surface area contributed by atoms with Crippen LogP contribution in [0.1, 0.15) is 29.8 Å². The average molecular weight is 469 g/mol. The summed E-state index contributed by atoms with van der Waals surface area (Å²) in [6.07, 6.45) is 3.43. The Morgan fingerprint density at radius 2 is 1.94 bits per heavy atom. The number of hydrogen-bond donors (Lipinski definition) is 0. The minimum absolute atomic E-state index is 0.265. The van der Waals surface area contributed by atoms with Crippen LogP contribution in [-0.4, -0.2) is 41.6 Å². The van der Waals surface area contributed by atoms with Gasteiger partial charge in [0.1, 0.15) is 17.5 Å². The van der Waals surface area contributed by atoms with Crippen molar-refractivity contribution >= 4 is 23.4 Å². The molecule has 10 heteroatoms. The minimum Gasteiger partial charge on any atom is -0.497 e. The largest absolute Gasteiger partial charge is 0.497 e. The van der Waals surface area contributed by atoms with Crippen molar-refractivity contribution in [3.05, 3.63) is 72.2 Å². The molecule has 9 nitrogen and oxygen atoms in total. The topological polar surface area (TPSA) is 96.9 Å². The fourth-order valence-electron chi connectivity index (χ4n) is 3.85. The van der Waals surface area contributed by atoms with E-state index in [2.05, 4.69) is 10.1 Å². The molecule has 1 atom stereocenters. The molecular weight excluding hydrogens is 444 g/mol. The van der Waals surface area contributed by atoms with Crippen molar-refractivity contribution in [2.24, 2.45) is 12.0 Å². The van der Waals surface area contributed by atoms with E-state index < -0.39 is 12.0 Å². The summed E-state index contributed by atoms with van der Waals surface area (Å²) in [7, 11) is 6.27. The maximum Gasteiger partial charge on any atom is 0.338 e. The number of methoxy groups -OCH3 is 3. The number of rotatable bonds is 5. The van der Waals surface area contributed by atoms with E-state index >= 15 is 0 Å². The van der Waals surface area contributed by atoms with Crippen LogP contribution in [0.2, 0.25) is 0 Å². The molecule has 3 heterocycles. The van der Waals surface area contributed by atoms with Gasteiger partial charge in [-0.1, -0.05) is 11.3 Å². The summed E-state index contributed by atoms with van der Waals surface area (Å²) < 4.78 is 19.5. The van der Waals surface area contributed by atoms with Crippen molar-refractivity contribution in [3.8, 4) is 11.5 Å². The molecule has 0 bridgehead atoms. The van der Waals surface area contributed by atoms with Crippen LogP contribution >= 0.6 is 11.3 Å². The minimum atomic E-state index is -0.692. The molecule has 0 saturated heterocycles. The Balaban J connectivity index is 1.98. The molecule has 0 aliphatic carbocycles. The Hall–Kier alpha value is -3.66. The van der Waals surface area contributed by atoms with Gasteiger partial charge < -0.3 is 14.2 Å². The number of esters is 1. The number of hydrogen-bond acceptors (Lipinski definition) is 8. The first-order chi connectivity index (χ1) is 15.8. The molecule has 2 aromatic heterocycles. The lowest BCUT2D eigenvalue weighted by atomic mass is 9.96. The van der Waals surface area contributed by atoms with Crippen LogP contribution in [0.5, 0.6) is 11.5 Å². The molecule has 0 radical (unpaired) electrons. The number of aromatic nitrogens is 3. The van der Waals surface area contributed by atoms with Crippen LogP contribution in [0, 0.1) is 6.92 Å². The smallest absolute Gasteiger partial charge is 0.338 e. The van der Waals surface area contributed by atoms with Gasteiger partial charge in [0, 0.05) is 29.9 Å². The first-order valence-corrected chi connectivity index (χ1v) is 10.9. The highest BCUT2D eigenvalue weighted by Gasteiger charge is 2.35. The van der Waals surface area contributed by atoms with E-state index in [1.165, 1.54) is 23.0 Å². The SMILES string of the molecule is COC(=O)C1=C(C)N=c2s/c(=C/c3ccc(OC)cc3OC)c(=O)n2[C@@H]1c1cnn(C)c1C. The Kier molecular flexibility index (Phi) is 5.94. The van der Waals surface area contributed by atoms with Crippen LogP contribution in [0.15, 0.2) is 45.5 Å². The highest BCUT2D eigenvalue weighted by molar-refractivity contribution is 7.07. The van der Waals surface area contributed by atoms with E-state index in [-0.39, 0.29) is 5.56 Å². The lowest BCUT2D eigenvalue weighted by Crippen LogP contribution is -2.40. The molecule has 0 unspecified atom stereocenters. The second kappa shape index (κ2) is 8.70. The van der Waals surface area contributed by atoms with Crippen molar-refractivity contribution in [3.63, 3.8) is 0 Å². The van der Waals surface area contributed by atoms with E-state index in [9.17, 15) is 9.59 Å². The summed E-state index contributed by atoms with van der Waals surface area (Å²) in [5.74, 6) is 0.692. The molecular formula is C23H24N4O5S. The fraction of sp³-hybridized carbons (Fsp3) is 0.304. The first kappa shape index (κ1) is 22.5. The van der Waals surface area contributed by atoms with Crippen LogP contribution in [0.4, 0.5) is 0 Å². The highest BCUT2D eigenvalue weighted by Crippen LogP contribution is 2.32. The Morgan fingerprint density at radius 3 is 2.55 bits per heavy atom. The summed E-state index contributed by atoms with van der Waals surface area (Å²) in [4.78, 5) is 31.4. The molecule has 1 aliphatic rings. The van der Waals surface area contributed by atoms with Crippen LogP contribution in [0.25, 0.3) is 6.08 Å². The van der Waals surface area contributed by atoms with Crippen LogP contribution in [0.3, 0.4) is 0 Å². The van der Waals surface area contributed by atoms with Gasteiger partial charge in [0.2, 0.25) is 0 Å². The van der Waals surface area contributed by atoms with Crippen molar-refractivity contribution in [2.75, 3.05) is 21.3 Å². The number of allylic oxidation sites excluding steroid dienone is 1. The third-order valence-corrected chi connectivity index (χ3v) is 6.70. The number of ether oxygens (including phenoxy) is 3. The summed E-state index contributed by atoms with van der Waals surface area (Å²) in [6, 6.07) is 4.68. The standard InChI is InChI=1S/C23H24N4O5S/c1-12-19(22(29)32-6)20(16-11-24-26(3)13(16)2)27-21(28)18(33-23(27)25-12)9-14-7-8-15(30-4)10-17(14)31-5/h7-11,20H,1-6H3/b18-9+/t20-/m1/s1. The highest BCUT2D eigenvalue weighted by atomic mass is 32.1. The summed E-state index contributed by atoms with van der Waals surface area (Å²) in [6.45, 7) is 3.64. The number of aryl methyl sites for hydroxylation is 1. The zero-order valence-electron chi connectivity index (χ0n) is 19.2. The normalized spacial score (nSPS) is 15.8. The van der Waals surface area contributed by atoms with Gasteiger partial charge in [-0.3, -0.25) is 14.0 Å². The zero-order valence-corrected chi connectivity index (χ0v) is 20.0. The Bertz CT molecular complexity index is 1460. The third kappa shape index (κ3) is 3.76. The quantitative estimate of drug-likeness (QED) is 0.526. The Morgan fingerprint density at radius 1 is 1.18 bits per heavy atom. The monoisotopic (exact) mass is 468 g/mol. The van der Waals surface area contributed by atoms with Crippen molar-refractivity contribution in [1.82, 2.24) is 14.3 Å². The van der Waals surface area contributed by atoms with Gasteiger partial charge in [-0.05, 0) is 32.1 Å². The molecule has 0 saturated carbocycles. The molecule has 0 amide bonds. The van der Waals surface area contributed by atoms with Gasteiger partial charge in [0.15, 0.2) is 4.80 Å². The molecule has 1 aliphatic heterocycles. The third-order valence-electron chi connectivity index (χ3n) is 5.72. The average Bonchev–Trinajstić information content (AvgIpc) is 3.30. The zero-order chi connectivity index (χ0) is 23.9. The van der Waals surface area contributed by atoms with Crippen LogP contribution < -0.4 is 24.4 Å². The van der Waals surface area contributed by atoms with E-state index in [0.717, 1.165) is 16.8 Å². The molecule has 0 fully saturated rings. The van der Waals surface area contributed by atoms with E-state index in [0.29, 0.717) is 32.1 Å². The molecule has 172 valence electrons. The summed E-state index contributed by atoms with van der Waals surface area (Å²) >= 11 is 1.25. The summed E-state index contributed by atoms with van der Waals surface area (Å²) in [5, 5.41) is 4.32. The molecule has 0 N–H and O–H groups in total. The van der Waals surface area contributed by atoms with Gasteiger partial charge in [-0.2, -0.15) is 5.10 Å². The summed E-state index contributed by atoms with van der Waals surface area (Å²) in [5.41, 5.74) is 2.85. The predicted octanol–water partition coefficient (Wildman–Crippen LogP) is 1.47. The first-order valence-electron chi connectivity index (χ1n) is 10.1. The van der Waals surface area contributed by atoms with Gasteiger partial charge in [0.25, 0.3) is 5.56 Å². The van der Waals surface area contributed by atoms with E-state index in [1.54, 1.807) is 50.2 Å². The van der Waals surface area contributed by atoms with E-state index in [4.69, 9.17) is 14.2 Å². The second-order valence-corrected chi connectivity index (χ2v) is 8.50. The maximum atomic E-state index is 13.6. The molecule has 3 aromatic rings. The lowest BCUT2D eigenvalue weighted by Gasteiger charge is -2.23. The number of thiazole rings is 1. The number of carbonyl (C=O) groups is 1. The number of carbonyl (C=O) groups excluding carboxylic acids is 1. The molecule has 4 rings (SSSR count). The molecule has 1 aromatic carbocycles. The van der Waals surface area contributed by atoms with Gasteiger partial charge in [-0.15, -0.1) is 0 Å². The lowest BCUT2D eigenvalue weighted by molar-refractivity contribution is -0.136. The van der Waals surface area contributed by atoms with Crippen molar-refractivity contribution in [2.45, 2.75) is 19.9 Å². The molecule has 33 heavy (non-hydrogen) atoms. The van der Waals surface area contributed by atoms with Gasteiger partial charge >= 0.3 is 5.97 Å². The van der Waals surface area contributed by atoms with E-state index in [1.807, 2.05) is 20.0 Å². The molecule has 0 spiro atoms. The van der Waals surface area contributed by atoms with Gasteiger partial charge in [-0.25, -0.2) is 9.79 Å². The van der Waals surface area contributed by atoms with Crippen molar-refractivity contribution < 1.29 is 19.0 Å². The number of benzene rings is 1.